The molecule has 0 radical (unpaired) electrons. The lowest BCUT2D eigenvalue weighted by atomic mass is 9.93. The number of carbonyl (C=O) groups excluding carboxylic acids is 2. The van der Waals surface area contributed by atoms with Gasteiger partial charge >= 0.3 is 6.03 Å². The number of ether oxygens (including phenoxy) is 1. The van der Waals surface area contributed by atoms with Crippen molar-refractivity contribution >= 4 is 23.3 Å². The molecule has 9 heteroatoms. The van der Waals surface area contributed by atoms with Gasteiger partial charge in [-0.1, -0.05) is 45.0 Å². The molecule has 9 nitrogen and oxygen atoms in total. The summed E-state index contributed by atoms with van der Waals surface area (Å²) in [5, 5.41) is 9.28. The lowest BCUT2D eigenvalue weighted by molar-refractivity contribution is 0.0988. The van der Waals surface area contributed by atoms with E-state index in [1.165, 1.54) is 0 Å². The third kappa shape index (κ3) is 7.39. The Hall–Kier alpha value is -3.72. The third-order valence-electron chi connectivity index (χ3n) is 6.39. The number of carbonyl (C=O) groups is 2. The Kier molecular flexibility index (Phi) is 8.23. The molecule has 2 aromatic heterocycles. The third-order valence-corrected chi connectivity index (χ3v) is 6.39. The molecule has 37 heavy (non-hydrogen) atoms. The van der Waals surface area contributed by atoms with Crippen LogP contribution in [0.2, 0.25) is 0 Å². The molecule has 0 bridgehead atoms. The monoisotopic (exact) mass is 505 g/mol. The maximum Gasteiger partial charge on any atom is 0.324 e. The maximum atomic E-state index is 12.7. The van der Waals surface area contributed by atoms with E-state index < -0.39 is 6.03 Å². The van der Waals surface area contributed by atoms with Gasteiger partial charge in [-0.3, -0.25) is 10.1 Å². The van der Waals surface area contributed by atoms with Crippen LogP contribution in [-0.2, 0) is 11.8 Å². The van der Waals surface area contributed by atoms with E-state index in [1.54, 1.807) is 48.7 Å². The highest BCUT2D eigenvalue weighted by Crippen LogP contribution is 2.24. The van der Waals surface area contributed by atoms with Crippen molar-refractivity contribution in [3.8, 4) is 5.75 Å². The van der Waals surface area contributed by atoms with E-state index in [4.69, 9.17) is 9.26 Å². The normalized spacial score (nSPS) is 15.9. The van der Waals surface area contributed by atoms with Gasteiger partial charge in [0.1, 0.15) is 17.2 Å². The first-order valence-electron chi connectivity index (χ1n) is 12.7. The molecule has 1 aromatic carbocycles. The summed E-state index contributed by atoms with van der Waals surface area (Å²) in [6, 6.07) is 11.9. The Morgan fingerprint density at radius 1 is 1.14 bits per heavy atom. The number of rotatable bonds is 9. The lowest BCUT2D eigenvalue weighted by Crippen LogP contribution is -2.21. The van der Waals surface area contributed by atoms with Crippen LogP contribution in [-0.4, -0.2) is 53.1 Å². The summed E-state index contributed by atoms with van der Waals surface area (Å²) in [6.45, 7) is 12.1. The Morgan fingerprint density at radius 2 is 1.92 bits per heavy atom. The Bertz CT molecular complexity index is 1200. The minimum atomic E-state index is -0.431. The van der Waals surface area contributed by atoms with Crippen LogP contribution in [0.4, 0.5) is 16.3 Å². The second kappa shape index (κ2) is 11.6. The number of benzene rings is 1. The summed E-state index contributed by atoms with van der Waals surface area (Å²) in [7, 11) is 0. The molecule has 3 aromatic rings. The van der Waals surface area contributed by atoms with Crippen LogP contribution < -0.4 is 15.4 Å². The predicted octanol–water partition coefficient (Wildman–Crippen LogP) is 5.16. The smallest absolute Gasteiger partial charge is 0.324 e. The highest BCUT2D eigenvalue weighted by Gasteiger charge is 2.22. The van der Waals surface area contributed by atoms with Gasteiger partial charge in [-0.05, 0) is 49.3 Å². The van der Waals surface area contributed by atoms with Crippen molar-refractivity contribution in [1.82, 2.24) is 15.0 Å². The Labute approximate surface area is 217 Å². The SMILES string of the molecule is CCN1CC[C@@H](COc2ccc(C(=O)Cc3ccc(NC(=O)Nc4cc(C(C)(C)C)on4)cc3)nc2)C1. The first-order valence-corrected chi connectivity index (χ1v) is 12.7. The predicted molar refractivity (Wildman–Crippen MR) is 142 cm³/mol. The van der Waals surface area contributed by atoms with Crippen LogP contribution in [0, 0.1) is 5.92 Å². The molecule has 2 amide bonds. The second-order valence-electron chi connectivity index (χ2n) is 10.4. The van der Waals surface area contributed by atoms with E-state index in [0.717, 1.165) is 31.6 Å². The van der Waals surface area contributed by atoms with Crippen LogP contribution in [0.15, 0.2) is 53.2 Å². The molecular weight excluding hydrogens is 470 g/mol. The van der Waals surface area contributed by atoms with Gasteiger partial charge in [0.05, 0.1) is 12.8 Å². The summed E-state index contributed by atoms with van der Waals surface area (Å²) in [6.07, 6.45) is 2.98. The molecule has 0 aliphatic carbocycles. The first-order chi connectivity index (χ1) is 17.7. The van der Waals surface area contributed by atoms with Crippen molar-refractivity contribution in [3.05, 3.63) is 65.7 Å². The summed E-state index contributed by atoms with van der Waals surface area (Å²) in [4.78, 5) is 31.7. The number of nitrogens with zero attached hydrogens (tertiary/aromatic N) is 3. The van der Waals surface area contributed by atoms with Crippen molar-refractivity contribution < 1.29 is 18.8 Å². The number of Topliss-reactive ketones (excluding diaryl/α,β-unsaturated/α-hetero) is 1. The van der Waals surface area contributed by atoms with E-state index in [9.17, 15) is 9.59 Å². The highest BCUT2D eigenvalue weighted by atomic mass is 16.5. The molecular formula is C28H35N5O4. The Balaban J connectivity index is 1.24. The van der Waals surface area contributed by atoms with E-state index in [1.807, 2.05) is 20.8 Å². The summed E-state index contributed by atoms with van der Waals surface area (Å²) < 4.78 is 11.2. The molecule has 3 heterocycles. The van der Waals surface area contributed by atoms with Gasteiger partial charge < -0.3 is 19.5 Å². The number of pyridine rings is 1. The van der Waals surface area contributed by atoms with Gasteiger partial charge in [0.2, 0.25) is 0 Å². The van der Waals surface area contributed by atoms with Crippen molar-refractivity contribution in [3.63, 3.8) is 0 Å². The summed E-state index contributed by atoms with van der Waals surface area (Å²) >= 11 is 0. The number of hydrogen-bond acceptors (Lipinski definition) is 7. The number of hydrogen-bond donors (Lipinski definition) is 2. The fourth-order valence-electron chi connectivity index (χ4n) is 4.13. The second-order valence-corrected chi connectivity index (χ2v) is 10.4. The fraction of sp³-hybridized carbons (Fsp3) is 0.429. The van der Waals surface area contributed by atoms with Gasteiger partial charge in [-0.2, -0.15) is 0 Å². The number of anilines is 2. The molecule has 0 unspecified atom stereocenters. The van der Waals surface area contributed by atoms with Crippen LogP contribution in [0.1, 0.15) is 55.9 Å². The Morgan fingerprint density at radius 3 is 2.54 bits per heavy atom. The topological polar surface area (TPSA) is 110 Å². The fourth-order valence-corrected chi connectivity index (χ4v) is 4.13. The number of urea groups is 1. The van der Waals surface area contributed by atoms with Gasteiger partial charge in [0, 0.05) is 36.1 Å². The molecule has 1 aliphatic heterocycles. The minimum Gasteiger partial charge on any atom is -0.492 e. The molecule has 196 valence electrons. The number of nitrogens with one attached hydrogen (secondary N) is 2. The summed E-state index contributed by atoms with van der Waals surface area (Å²) in [5.74, 6) is 2.16. The molecule has 2 N–H and O–H groups in total. The summed E-state index contributed by atoms with van der Waals surface area (Å²) in [5.41, 5.74) is 1.62. The number of likely N-dealkylation sites (tertiary alicyclic amines) is 1. The molecule has 0 saturated carbocycles. The van der Waals surface area contributed by atoms with E-state index in [0.29, 0.717) is 41.2 Å². The maximum absolute atomic E-state index is 12.7. The largest absolute Gasteiger partial charge is 0.492 e. The van der Waals surface area contributed by atoms with Crippen LogP contribution in [0.5, 0.6) is 5.75 Å². The van der Waals surface area contributed by atoms with E-state index >= 15 is 0 Å². The average Bonchev–Trinajstić information content (AvgIpc) is 3.54. The first kappa shape index (κ1) is 26.3. The van der Waals surface area contributed by atoms with E-state index in [-0.39, 0.29) is 17.6 Å². The quantitative estimate of drug-likeness (QED) is 0.387. The zero-order valence-electron chi connectivity index (χ0n) is 21.9. The molecule has 4 rings (SSSR count). The van der Waals surface area contributed by atoms with Gasteiger partial charge in [-0.25, -0.2) is 9.78 Å². The number of ketones is 1. The lowest BCUT2D eigenvalue weighted by Gasteiger charge is -2.14. The molecule has 1 atom stereocenters. The van der Waals surface area contributed by atoms with Crippen LogP contribution >= 0.6 is 0 Å². The average molecular weight is 506 g/mol. The van der Waals surface area contributed by atoms with Gasteiger partial charge in [-0.15, -0.1) is 0 Å². The molecule has 1 aliphatic rings. The molecule has 1 saturated heterocycles. The van der Waals surface area contributed by atoms with Crippen LogP contribution in [0.25, 0.3) is 0 Å². The van der Waals surface area contributed by atoms with Crippen molar-refractivity contribution in [1.29, 1.82) is 0 Å². The van der Waals surface area contributed by atoms with E-state index in [2.05, 4.69) is 32.6 Å². The van der Waals surface area contributed by atoms with Gasteiger partial charge in [0.25, 0.3) is 0 Å². The van der Waals surface area contributed by atoms with Gasteiger partial charge in [0.15, 0.2) is 11.6 Å². The van der Waals surface area contributed by atoms with Crippen LogP contribution in [0.3, 0.4) is 0 Å². The zero-order valence-corrected chi connectivity index (χ0v) is 21.9. The zero-order chi connectivity index (χ0) is 26.4. The molecule has 1 fully saturated rings. The molecule has 0 spiro atoms. The van der Waals surface area contributed by atoms with Crippen molar-refractivity contribution in [2.45, 2.75) is 46.0 Å². The highest BCUT2D eigenvalue weighted by molar-refractivity contribution is 5.99. The van der Waals surface area contributed by atoms with Crippen molar-refractivity contribution in [2.24, 2.45) is 5.92 Å². The standard InChI is InChI=1S/C28H35N5O4/c1-5-33-13-12-20(17-33)18-36-22-10-11-23(29-16-22)24(34)14-19-6-8-21(9-7-19)30-27(35)31-26-15-25(37-32-26)28(2,3)4/h6-11,15-16,20H,5,12-14,17-18H2,1-4H3,(H2,30,31,32,35)/t20-/m1/s1. The minimum absolute atomic E-state index is 0.0833. The number of aromatic nitrogens is 2. The number of amides is 2. The van der Waals surface area contributed by atoms with Crippen molar-refractivity contribution in [2.75, 3.05) is 36.9 Å².